The van der Waals surface area contributed by atoms with Gasteiger partial charge in [0, 0.05) is 18.7 Å². The number of amides is 1. The molecule has 0 aliphatic heterocycles. The van der Waals surface area contributed by atoms with Gasteiger partial charge in [-0.25, -0.2) is 0 Å². The van der Waals surface area contributed by atoms with Gasteiger partial charge in [-0.1, -0.05) is 39.8 Å². The van der Waals surface area contributed by atoms with Gasteiger partial charge in [-0.2, -0.15) is 0 Å². The zero-order valence-corrected chi connectivity index (χ0v) is 12.7. The molecule has 1 aromatic rings. The molecule has 2 N–H and O–H groups in total. The molecule has 1 aromatic carbocycles. The summed E-state index contributed by atoms with van der Waals surface area (Å²) in [7, 11) is 1.92. The van der Waals surface area contributed by atoms with Crippen LogP contribution >= 0.6 is 0 Å². The SMILES string of the molecule is CNCc1ccc(NC(=O)CC(C)C(C)(C)C)cc1. The quantitative estimate of drug-likeness (QED) is 0.853. The molecule has 3 nitrogen and oxygen atoms in total. The molecular weight excluding hydrogens is 236 g/mol. The Kier molecular flexibility index (Phi) is 5.55. The van der Waals surface area contributed by atoms with Crippen LogP contribution in [0.5, 0.6) is 0 Å². The van der Waals surface area contributed by atoms with Crippen molar-refractivity contribution in [1.29, 1.82) is 0 Å². The van der Waals surface area contributed by atoms with Crippen molar-refractivity contribution in [3.63, 3.8) is 0 Å². The van der Waals surface area contributed by atoms with E-state index >= 15 is 0 Å². The Morgan fingerprint density at radius 2 is 1.79 bits per heavy atom. The summed E-state index contributed by atoms with van der Waals surface area (Å²) in [6.45, 7) is 9.46. The van der Waals surface area contributed by atoms with Crippen LogP contribution in [0.15, 0.2) is 24.3 Å². The van der Waals surface area contributed by atoms with Crippen molar-refractivity contribution in [2.24, 2.45) is 11.3 Å². The largest absolute Gasteiger partial charge is 0.326 e. The van der Waals surface area contributed by atoms with Crippen molar-refractivity contribution in [2.45, 2.75) is 40.7 Å². The van der Waals surface area contributed by atoms with E-state index in [1.807, 2.05) is 31.3 Å². The Labute approximate surface area is 116 Å². The van der Waals surface area contributed by atoms with E-state index < -0.39 is 0 Å². The van der Waals surface area contributed by atoms with E-state index in [0.717, 1.165) is 12.2 Å². The first-order valence-corrected chi connectivity index (χ1v) is 6.86. The molecular formula is C16H26N2O. The van der Waals surface area contributed by atoms with Crippen LogP contribution in [0.4, 0.5) is 5.69 Å². The minimum absolute atomic E-state index is 0.0868. The number of anilines is 1. The van der Waals surface area contributed by atoms with Gasteiger partial charge < -0.3 is 10.6 Å². The molecule has 1 rings (SSSR count). The van der Waals surface area contributed by atoms with Gasteiger partial charge >= 0.3 is 0 Å². The Morgan fingerprint density at radius 3 is 2.26 bits per heavy atom. The van der Waals surface area contributed by atoms with Crippen LogP contribution in [0.3, 0.4) is 0 Å². The number of nitrogens with one attached hydrogen (secondary N) is 2. The molecule has 0 saturated carbocycles. The molecule has 1 amide bonds. The van der Waals surface area contributed by atoms with Gasteiger partial charge in [-0.05, 0) is 36.1 Å². The highest BCUT2D eigenvalue weighted by Gasteiger charge is 2.22. The predicted molar refractivity (Wildman–Crippen MR) is 81.1 cm³/mol. The first-order valence-electron chi connectivity index (χ1n) is 6.86. The molecule has 0 aliphatic carbocycles. The summed E-state index contributed by atoms with van der Waals surface area (Å²) in [6.07, 6.45) is 0.557. The third-order valence-electron chi connectivity index (χ3n) is 3.59. The van der Waals surface area contributed by atoms with Gasteiger partial charge in [-0.3, -0.25) is 4.79 Å². The Bertz CT molecular complexity index is 404. The summed E-state index contributed by atoms with van der Waals surface area (Å²) in [5.74, 6) is 0.444. The fourth-order valence-corrected chi connectivity index (χ4v) is 1.71. The summed E-state index contributed by atoms with van der Waals surface area (Å²) in [6, 6.07) is 7.96. The monoisotopic (exact) mass is 262 g/mol. The molecule has 0 spiro atoms. The highest BCUT2D eigenvalue weighted by molar-refractivity contribution is 5.90. The summed E-state index contributed by atoms with van der Waals surface area (Å²) >= 11 is 0. The average Bonchev–Trinajstić information content (AvgIpc) is 2.30. The van der Waals surface area contributed by atoms with Crippen LogP contribution in [-0.4, -0.2) is 13.0 Å². The van der Waals surface area contributed by atoms with E-state index in [2.05, 4.69) is 38.3 Å². The highest BCUT2D eigenvalue weighted by atomic mass is 16.1. The predicted octanol–water partition coefficient (Wildman–Crippen LogP) is 3.42. The van der Waals surface area contributed by atoms with E-state index in [-0.39, 0.29) is 11.3 Å². The van der Waals surface area contributed by atoms with E-state index in [1.54, 1.807) is 0 Å². The normalized spacial score (nSPS) is 13.1. The minimum Gasteiger partial charge on any atom is -0.326 e. The van der Waals surface area contributed by atoms with Crippen molar-refractivity contribution in [2.75, 3.05) is 12.4 Å². The number of carbonyl (C=O) groups is 1. The smallest absolute Gasteiger partial charge is 0.224 e. The lowest BCUT2D eigenvalue weighted by Crippen LogP contribution is -2.23. The van der Waals surface area contributed by atoms with Crippen LogP contribution in [0.25, 0.3) is 0 Å². The second kappa shape index (κ2) is 6.71. The lowest BCUT2D eigenvalue weighted by Gasteiger charge is -2.26. The van der Waals surface area contributed by atoms with E-state index in [1.165, 1.54) is 5.56 Å². The average molecular weight is 262 g/mol. The molecule has 0 saturated heterocycles. The summed E-state index contributed by atoms with van der Waals surface area (Å²) in [5, 5.41) is 6.05. The Morgan fingerprint density at radius 1 is 1.21 bits per heavy atom. The maximum absolute atomic E-state index is 12.0. The summed E-state index contributed by atoms with van der Waals surface area (Å²) in [5.41, 5.74) is 2.24. The third-order valence-corrected chi connectivity index (χ3v) is 3.59. The van der Waals surface area contributed by atoms with Crippen LogP contribution < -0.4 is 10.6 Å². The molecule has 0 aliphatic rings. The molecule has 0 fully saturated rings. The van der Waals surface area contributed by atoms with Gasteiger partial charge in [-0.15, -0.1) is 0 Å². The van der Waals surface area contributed by atoms with Crippen LogP contribution in [0.2, 0.25) is 0 Å². The first kappa shape index (κ1) is 15.7. The fraction of sp³-hybridized carbons (Fsp3) is 0.562. The first-order chi connectivity index (χ1) is 8.82. The third kappa shape index (κ3) is 5.43. The second-order valence-electron chi connectivity index (χ2n) is 6.25. The van der Waals surface area contributed by atoms with Crippen molar-refractivity contribution in [1.82, 2.24) is 5.32 Å². The van der Waals surface area contributed by atoms with Gasteiger partial charge in [0.25, 0.3) is 0 Å². The van der Waals surface area contributed by atoms with Crippen molar-refractivity contribution >= 4 is 11.6 Å². The topological polar surface area (TPSA) is 41.1 Å². The molecule has 0 heterocycles. The summed E-state index contributed by atoms with van der Waals surface area (Å²) in [4.78, 5) is 12.0. The molecule has 106 valence electrons. The Balaban J connectivity index is 2.53. The van der Waals surface area contributed by atoms with Gasteiger partial charge in [0.15, 0.2) is 0 Å². The molecule has 3 heteroatoms. The summed E-state index contributed by atoms with van der Waals surface area (Å²) < 4.78 is 0. The number of hydrogen-bond acceptors (Lipinski definition) is 2. The van der Waals surface area contributed by atoms with Crippen LogP contribution in [-0.2, 0) is 11.3 Å². The molecule has 0 radical (unpaired) electrons. The second-order valence-corrected chi connectivity index (χ2v) is 6.25. The van der Waals surface area contributed by atoms with Crippen LogP contribution in [0.1, 0.15) is 39.7 Å². The minimum atomic E-state index is 0.0868. The van der Waals surface area contributed by atoms with E-state index in [4.69, 9.17) is 0 Å². The lowest BCUT2D eigenvalue weighted by atomic mass is 9.80. The maximum Gasteiger partial charge on any atom is 0.224 e. The number of benzene rings is 1. The number of rotatable bonds is 5. The van der Waals surface area contributed by atoms with E-state index in [9.17, 15) is 4.79 Å². The van der Waals surface area contributed by atoms with Gasteiger partial charge in [0.2, 0.25) is 5.91 Å². The molecule has 0 aromatic heterocycles. The highest BCUT2D eigenvalue weighted by Crippen LogP contribution is 2.28. The van der Waals surface area contributed by atoms with Crippen molar-refractivity contribution in [3.8, 4) is 0 Å². The van der Waals surface area contributed by atoms with Crippen molar-refractivity contribution in [3.05, 3.63) is 29.8 Å². The Hall–Kier alpha value is -1.35. The fourth-order valence-electron chi connectivity index (χ4n) is 1.71. The van der Waals surface area contributed by atoms with E-state index in [0.29, 0.717) is 12.3 Å². The zero-order chi connectivity index (χ0) is 14.5. The lowest BCUT2D eigenvalue weighted by molar-refractivity contribution is -0.117. The molecule has 1 atom stereocenters. The molecule has 1 unspecified atom stereocenters. The standard InChI is InChI=1S/C16H26N2O/c1-12(16(2,3)4)10-15(19)18-14-8-6-13(7-9-14)11-17-5/h6-9,12,17H,10-11H2,1-5H3,(H,18,19). The molecule has 19 heavy (non-hydrogen) atoms. The van der Waals surface area contributed by atoms with Crippen molar-refractivity contribution < 1.29 is 4.79 Å². The maximum atomic E-state index is 12.0. The van der Waals surface area contributed by atoms with Crippen LogP contribution in [0, 0.1) is 11.3 Å². The molecule has 0 bridgehead atoms. The van der Waals surface area contributed by atoms with Gasteiger partial charge in [0.05, 0.1) is 0 Å². The van der Waals surface area contributed by atoms with Gasteiger partial charge in [0.1, 0.15) is 0 Å². The number of hydrogen-bond donors (Lipinski definition) is 2. The number of carbonyl (C=O) groups excluding carboxylic acids is 1. The zero-order valence-electron chi connectivity index (χ0n) is 12.7.